The van der Waals surface area contributed by atoms with Gasteiger partial charge >= 0.3 is 0 Å². The Morgan fingerprint density at radius 1 is 1.35 bits per heavy atom. The Bertz CT molecular complexity index is 798. The SMILES string of the molecule is CCN(CC)Cc1cnc2c(C(=O)NC[C@@H]3CCC(=O)N3C)cnn2c1. The van der Waals surface area contributed by atoms with E-state index in [4.69, 9.17) is 0 Å². The van der Waals surface area contributed by atoms with Crippen LogP contribution in [0.2, 0.25) is 0 Å². The maximum Gasteiger partial charge on any atom is 0.256 e. The summed E-state index contributed by atoms with van der Waals surface area (Å²) >= 11 is 0. The number of likely N-dealkylation sites (tertiary alicyclic amines) is 1. The number of nitrogens with one attached hydrogen (secondary N) is 1. The third kappa shape index (κ3) is 3.70. The standard InChI is InChI=1S/C18H26N6O2/c1-4-23(5-2)11-13-8-19-17-15(10-21-24(17)12-13)18(26)20-9-14-6-7-16(25)22(14)3/h8,10,12,14H,4-7,9,11H2,1-3H3,(H,20,26)/t14-/m0/s1. The van der Waals surface area contributed by atoms with Gasteiger partial charge in [0.2, 0.25) is 5.91 Å². The van der Waals surface area contributed by atoms with E-state index in [1.54, 1.807) is 28.9 Å². The van der Waals surface area contributed by atoms with Crippen molar-refractivity contribution in [3.05, 3.63) is 29.7 Å². The molecule has 0 aromatic carbocycles. The van der Waals surface area contributed by atoms with Crippen LogP contribution in [0.1, 0.15) is 42.6 Å². The normalized spacial score (nSPS) is 17.5. The summed E-state index contributed by atoms with van der Waals surface area (Å²) in [5, 5.41) is 7.18. The molecule has 1 atom stereocenters. The summed E-state index contributed by atoms with van der Waals surface area (Å²) in [5.74, 6) is -0.0839. The van der Waals surface area contributed by atoms with E-state index < -0.39 is 0 Å². The Hall–Kier alpha value is -2.48. The van der Waals surface area contributed by atoms with Gasteiger partial charge in [-0.3, -0.25) is 14.5 Å². The Labute approximate surface area is 153 Å². The Balaban J connectivity index is 1.68. The fraction of sp³-hybridized carbons (Fsp3) is 0.556. The summed E-state index contributed by atoms with van der Waals surface area (Å²) in [5.41, 5.74) is 2.05. The molecule has 0 unspecified atom stereocenters. The molecule has 3 rings (SSSR count). The van der Waals surface area contributed by atoms with Gasteiger partial charge in [-0.25, -0.2) is 9.50 Å². The molecule has 0 saturated carbocycles. The maximum absolute atomic E-state index is 12.5. The first-order valence-corrected chi connectivity index (χ1v) is 9.12. The average Bonchev–Trinajstić information content (AvgIpc) is 3.21. The van der Waals surface area contributed by atoms with Gasteiger partial charge in [-0.15, -0.1) is 0 Å². The van der Waals surface area contributed by atoms with E-state index in [0.717, 1.165) is 31.6 Å². The monoisotopic (exact) mass is 358 g/mol. The number of fused-ring (bicyclic) bond motifs is 1. The van der Waals surface area contributed by atoms with Crippen LogP contribution in [-0.4, -0.2) is 68.9 Å². The second-order valence-electron chi connectivity index (χ2n) is 6.66. The van der Waals surface area contributed by atoms with E-state index >= 15 is 0 Å². The van der Waals surface area contributed by atoms with Gasteiger partial charge in [-0.2, -0.15) is 5.10 Å². The number of amides is 2. The van der Waals surface area contributed by atoms with Crippen LogP contribution < -0.4 is 5.32 Å². The zero-order chi connectivity index (χ0) is 18.7. The first-order chi connectivity index (χ1) is 12.5. The van der Waals surface area contributed by atoms with Crippen molar-refractivity contribution in [1.29, 1.82) is 0 Å². The van der Waals surface area contributed by atoms with Crippen molar-refractivity contribution in [2.45, 2.75) is 39.3 Å². The predicted octanol–water partition coefficient (Wildman–Crippen LogP) is 0.922. The molecule has 2 aromatic rings. The summed E-state index contributed by atoms with van der Waals surface area (Å²) in [6.07, 6.45) is 6.58. The zero-order valence-corrected chi connectivity index (χ0v) is 15.6. The second kappa shape index (κ2) is 7.82. The van der Waals surface area contributed by atoms with Gasteiger partial charge in [0, 0.05) is 50.6 Å². The quantitative estimate of drug-likeness (QED) is 0.796. The summed E-state index contributed by atoms with van der Waals surface area (Å²) < 4.78 is 1.65. The van der Waals surface area contributed by atoms with Crippen LogP contribution in [0.25, 0.3) is 5.65 Å². The number of carbonyl (C=O) groups is 2. The van der Waals surface area contributed by atoms with Gasteiger partial charge in [0.05, 0.1) is 6.20 Å². The van der Waals surface area contributed by atoms with E-state index in [9.17, 15) is 9.59 Å². The number of rotatable bonds is 7. The molecule has 1 saturated heterocycles. The predicted molar refractivity (Wildman–Crippen MR) is 97.7 cm³/mol. The van der Waals surface area contributed by atoms with Gasteiger partial charge in [-0.05, 0) is 19.5 Å². The number of nitrogens with zero attached hydrogens (tertiary/aromatic N) is 5. The summed E-state index contributed by atoms with van der Waals surface area (Å²) in [7, 11) is 1.78. The van der Waals surface area contributed by atoms with Gasteiger partial charge in [0.1, 0.15) is 5.56 Å². The average molecular weight is 358 g/mol. The molecule has 1 N–H and O–H groups in total. The van der Waals surface area contributed by atoms with Crippen LogP contribution in [0.15, 0.2) is 18.6 Å². The number of aromatic nitrogens is 3. The molecule has 0 aliphatic carbocycles. The highest BCUT2D eigenvalue weighted by Crippen LogP contribution is 2.16. The van der Waals surface area contributed by atoms with Crippen LogP contribution in [0, 0.1) is 0 Å². The molecule has 0 bridgehead atoms. The van der Waals surface area contributed by atoms with Crippen molar-refractivity contribution < 1.29 is 9.59 Å². The summed E-state index contributed by atoms with van der Waals surface area (Å²) in [6.45, 7) is 7.44. The highest BCUT2D eigenvalue weighted by molar-refractivity contribution is 5.99. The largest absolute Gasteiger partial charge is 0.350 e. The van der Waals surface area contributed by atoms with Gasteiger partial charge < -0.3 is 10.2 Å². The summed E-state index contributed by atoms with van der Waals surface area (Å²) in [4.78, 5) is 32.5. The minimum Gasteiger partial charge on any atom is -0.350 e. The number of likely N-dealkylation sites (N-methyl/N-ethyl adjacent to an activating group) is 1. The fourth-order valence-corrected chi connectivity index (χ4v) is 3.27. The van der Waals surface area contributed by atoms with Gasteiger partial charge in [-0.1, -0.05) is 13.8 Å². The van der Waals surface area contributed by atoms with Crippen molar-refractivity contribution in [1.82, 2.24) is 29.7 Å². The molecule has 26 heavy (non-hydrogen) atoms. The molecule has 0 spiro atoms. The van der Waals surface area contributed by atoms with Crippen molar-refractivity contribution in [3.63, 3.8) is 0 Å². The first-order valence-electron chi connectivity index (χ1n) is 9.12. The van der Waals surface area contributed by atoms with Crippen LogP contribution in [0.4, 0.5) is 0 Å². The van der Waals surface area contributed by atoms with Crippen molar-refractivity contribution in [2.24, 2.45) is 0 Å². The lowest BCUT2D eigenvalue weighted by molar-refractivity contribution is -0.127. The first kappa shape index (κ1) is 18.3. The Morgan fingerprint density at radius 2 is 2.12 bits per heavy atom. The molecule has 8 heteroatoms. The van der Waals surface area contributed by atoms with Gasteiger partial charge in [0.25, 0.3) is 5.91 Å². The zero-order valence-electron chi connectivity index (χ0n) is 15.6. The van der Waals surface area contributed by atoms with E-state index in [2.05, 4.69) is 34.1 Å². The van der Waals surface area contributed by atoms with Crippen molar-refractivity contribution >= 4 is 17.5 Å². The lowest BCUT2D eigenvalue weighted by Crippen LogP contribution is -2.39. The smallest absolute Gasteiger partial charge is 0.256 e. The molecule has 0 radical (unpaired) electrons. The fourth-order valence-electron chi connectivity index (χ4n) is 3.27. The second-order valence-corrected chi connectivity index (χ2v) is 6.66. The molecule has 8 nitrogen and oxygen atoms in total. The molecular weight excluding hydrogens is 332 g/mol. The van der Waals surface area contributed by atoms with E-state index in [1.807, 2.05) is 6.20 Å². The molecule has 140 valence electrons. The third-order valence-electron chi connectivity index (χ3n) is 5.09. The van der Waals surface area contributed by atoms with Crippen LogP contribution >= 0.6 is 0 Å². The lowest BCUT2D eigenvalue weighted by atomic mass is 10.2. The highest BCUT2D eigenvalue weighted by atomic mass is 16.2. The molecule has 1 aliphatic rings. The number of carbonyl (C=O) groups excluding carboxylic acids is 2. The van der Waals surface area contributed by atoms with Crippen molar-refractivity contribution in [3.8, 4) is 0 Å². The van der Waals surface area contributed by atoms with E-state index in [0.29, 0.717) is 24.2 Å². The minimum absolute atomic E-state index is 0.0573. The van der Waals surface area contributed by atoms with Gasteiger partial charge in [0.15, 0.2) is 5.65 Å². The number of hydrogen-bond donors (Lipinski definition) is 1. The topological polar surface area (TPSA) is 82.8 Å². The molecule has 1 fully saturated rings. The van der Waals surface area contributed by atoms with Crippen molar-refractivity contribution in [2.75, 3.05) is 26.7 Å². The minimum atomic E-state index is -0.211. The Kier molecular flexibility index (Phi) is 5.51. The molecule has 2 aromatic heterocycles. The molecule has 3 heterocycles. The third-order valence-corrected chi connectivity index (χ3v) is 5.09. The van der Waals surface area contributed by atoms with Crippen LogP contribution in [0.3, 0.4) is 0 Å². The van der Waals surface area contributed by atoms with Crippen LogP contribution in [-0.2, 0) is 11.3 Å². The Morgan fingerprint density at radius 3 is 2.77 bits per heavy atom. The lowest BCUT2D eigenvalue weighted by Gasteiger charge is -2.19. The van der Waals surface area contributed by atoms with E-state index in [1.165, 1.54) is 0 Å². The molecule has 1 aliphatic heterocycles. The summed E-state index contributed by atoms with van der Waals surface area (Å²) in [6, 6.07) is 0.0573. The van der Waals surface area contributed by atoms with E-state index in [-0.39, 0.29) is 17.9 Å². The number of hydrogen-bond acceptors (Lipinski definition) is 5. The molecular formula is C18H26N6O2. The van der Waals surface area contributed by atoms with Crippen LogP contribution in [0.5, 0.6) is 0 Å². The highest BCUT2D eigenvalue weighted by Gasteiger charge is 2.28. The molecule has 2 amide bonds. The maximum atomic E-state index is 12.5.